The van der Waals surface area contributed by atoms with E-state index in [4.69, 9.17) is 34.8 Å². The van der Waals surface area contributed by atoms with Gasteiger partial charge in [-0.25, -0.2) is 4.98 Å². The first kappa shape index (κ1) is 13.9. The van der Waals surface area contributed by atoms with Gasteiger partial charge in [-0.2, -0.15) is 0 Å². The van der Waals surface area contributed by atoms with Crippen molar-refractivity contribution in [3.8, 4) is 0 Å². The molecule has 0 N–H and O–H groups in total. The molecular weight excluding hydrogens is 293 g/mol. The van der Waals surface area contributed by atoms with Gasteiger partial charge in [0.2, 0.25) is 0 Å². The lowest BCUT2D eigenvalue weighted by Crippen LogP contribution is -2.01. The predicted molar refractivity (Wildman–Crippen MR) is 66.6 cm³/mol. The van der Waals surface area contributed by atoms with Gasteiger partial charge in [0.15, 0.2) is 0 Å². The molecule has 0 aliphatic rings. The zero-order chi connectivity index (χ0) is 12.1. The highest BCUT2D eigenvalue weighted by Gasteiger charge is 2.09. The second-order valence-corrected chi connectivity index (χ2v) is 4.98. The number of esters is 1. The fourth-order valence-corrected chi connectivity index (χ4v) is 2.39. The summed E-state index contributed by atoms with van der Waals surface area (Å²) in [5.41, 5.74) is 0. The minimum atomic E-state index is -0.274. The number of carbonyl (C=O) groups excluding carboxylic acids is 1. The first-order valence-corrected chi connectivity index (χ1v) is 6.37. The van der Waals surface area contributed by atoms with Gasteiger partial charge in [-0.1, -0.05) is 34.8 Å². The molecule has 0 bridgehead atoms. The van der Waals surface area contributed by atoms with E-state index < -0.39 is 0 Å². The summed E-state index contributed by atoms with van der Waals surface area (Å²) in [7, 11) is 1.34. The first-order valence-electron chi connectivity index (χ1n) is 4.25. The van der Waals surface area contributed by atoms with Crippen LogP contribution in [-0.4, -0.2) is 23.8 Å². The summed E-state index contributed by atoms with van der Waals surface area (Å²) in [4.78, 5) is 14.9. The number of carbonyl (C=O) groups is 1. The Balaban J connectivity index is 2.60. The maximum atomic E-state index is 10.9. The standard InChI is InChI=1S/C9H8Cl3NO2S/c1-15-7(14)2-3-16-9-6(11)4-5(10)8(12)13-9/h4H,2-3H2,1H3. The fraction of sp³-hybridized carbons (Fsp3) is 0.333. The number of pyridine rings is 1. The SMILES string of the molecule is COC(=O)CCSc1nc(Cl)c(Cl)cc1Cl. The van der Waals surface area contributed by atoms with Crippen LogP contribution in [0.2, 0.25) is 15.2 Å². The van der Waals surface area contributed by atoms with Crippen LogP contribution in [-0.2, 0) is 9.53 Å². The molecule has 0 aromatic carbocycles. The molecule has 0 spiro atoms. The first-order chi connectivity index (χ1) is 7.54. The molecule has 0 aliphatic carbocycles. The molecule has 0 fully saturated rings. The van der Waals surface area contributed by atoms with Crippen molar-refractivity contribution in [2.45, 2.75) is 11.4 Å². The molecule has 0 saturated heterocycles. The van der Waals surface area contributed by atoms with Crippen LogP contribution in [0.4, 0.5) is 0 Å². The summed E-state index contributed by atoms with van der Waals surface area (Å²) in [6.45, 7) is 0. The smallest absolute Gasteiger partial charge is 0.306 e. The van der Waals surface area contributed by atoms with Gasteiger partial charge in [-0.3, -0.25) is 4.79 Å². The van der Waals surface area contributed by atoms with Crippen LogP contribution in [0.5, 0.6) is 0 Å². The predicted octanol–water partition coefficient (Wildman–Crippen LogP) is 3.70. The summed E-state index contributed by atoms with van der Waals surface area (Å²) in [5, 5.41) is 1.49. The summed E-state index contributed by atoms with van der Waals surface area (Å²) in [5.74, 6) is 0.251. The molecule has 1 rings (SSSR count). The van der Waals surface area contributed by atoms with E-state index in [9.17, 15) is 4.79 Å². The molecule has 1 heterocycles. The van der Waals surface area contributed by atoms with Crippen LogP contribution in [0.1, 0.15) is 6.42 Å². The van der Waals surface area contributed by atoms with Gasteiger partial charge in [0.25, 0.3) is 0 Å². The van der Waals surface area contributed by atoms with Crippen molar-refractivity contribution in [2.24, 2.45) is 0 Å². The van der Waals surface area contributed by atoms with Crippen LogP contribution >= 0.6 is 46.6 Å². The minimum Gasteiger partial charge on any atom is -0.469 e. The number of nitrogens with zero attached hydrogens (tertiary/aromatic N) is 1. The van der Waals surface area contributed by atoms with Gasteiger partial charge >= 0.3 is 5.97 Å². The summed E-state index contributed by atoms with van der Waals surface area (Å²) in [6.07, 6.45) is 0.291. The molecular formula is C9H8Cl3NO2S. The molecule has 16 heavy (non-hydrogen) atoms. The Morgan fingerprint density at radius 3 is 2.75 bits per heavy atom. The van der Waals surface area contributed by atoms with Crippen LogP contribution in [0.15, 0.2) is 11.1 Å². The molecule has 0 radical (unpaired) electrons. The highest BCUT2D eigenvalue weighted by atomic mass is 35.5. The van der Waals surface area contributed by atoms with Crippen molar-refractivity contribution >= 4 is 52.5 Å². The summed E-state index contributed by atoms with van der Waals surface area (Å²) < 4.78 is 4.51. The van der Waals surface area contributed by atoms with Crippen LogP contribution in [0.3, 0.4) is 0 Å². The van der Waals surface area contributed by atoms with Gasteiger partial charge in [0.1, 0.15) is 10.2 Å². The Labute approximate surface area is 112 Å². The normalized spacial score (nSPS) is 10.2. The third kappa shape index (κ3) is 4.01. The highest BCUT2D eigenvalue weighted by molar-refractivity contribution is 7.99. The van der Waals surface area contributed by atoms with E-state index in [-0.39, 0.29) is 11.1 Å². The van der Waals surface area contributed by atoms with Crippen molar-refractivity contribution in [1.29, 1.82) is 0 Å². The van der Waals surface area contributed by atoms with Crippen molar-refractivity contribution < 1.29 is 9.53 Å². The number of thioether (sulfide) groups is 1. The topological polar surface area (TPSA) is 39.2 Å². The van der Waals surface area contributed by atoms with Crippen LogP contribution < -0.4 is 0 Å². The second kappa shape index (κ2) is 6.55. The van der Waals surface area contributed by atoms with Crippen LogP contribution in [0.25, 0.3) is 0 Å². The minimum absolute atomic E-state index is 0.201. The lowest BCUT2D eigenvalue weighted by Gasteiger charge is -2.04. The lowest BCUT2D eigenvalue weighted by atomic mass is 10.5. The number of hydrogen-bond acceptors (Lipinski definition) is 4. The monoisotopic (exact) mass is 299 g/mol. The molecule has 7 heteroatoms. The molecule has 0 saturated carbocycles. The third-order valence-corrected chi connectivity index (χ3v) is 3.69. The largest absolute Gasteiger partial charge is 0.469 e. The molecule has 3 nitrogen and oxygen atoms in total. The van der Waals surface area contributed by atoms with E-state index in [1.165, 1.54) is 24.9 Å². The summed E-state index contributed by atoms with van der Waals surface area (Å²) >= 11 is 18.7. The quantitative estimate of drug-likeness (QED) is 0.483. The Bertz CT molecular complexity index is 401. The van der Waals surface area contributed by atoms with E-state index in [2.05, 4.69) is 9.72 Å². The molecule has 0 unspecified atom stereocenters. The van der Waals surface area contributed by atoms with E-state index in [0.29, 0.717) is 27.2 Å². The fourth-order valence-electron chi connectivity index (χ4n) is 0.863. The molecule has 0 atom stereocenters. The Morgan fingerprint density at radius 2 is 2.12 bits per heavy atom. The number of hydrogen-bond donors (Lipinski definition) is 0. The molecule has 1 aromatic heterocycles. The number of halogens is 3. The maximum Gasteiger partial charge on any atom is 0.306 e. The van der Waals surface area contributed by atoms with Crippen molar-refractivity contribution in [3.63, 3.8) is 0 Å². The third-order valence-electron chi connectivity index (χ3n) is 1.63. The van der Waals surface area contributed by atoms with E-state index in [1.807, 2.05) is 0 Å². The average Bonchev–Trinajstić information content (AvgIpc) is 2.25. The van der Waals surface area contributed by atoms with Gasteiger partial charge < -0.3 is 4.74 Å². The summed E-state index contributed by atoms with van der Waals surface area (Å²) in [6, 6.07) is 1.53. The van der Waals surface area contributed by atoms with Gasteiger partial charge in [-0.05, 0) is 6.07 Å². The Hall–Kier alpha value is -0.160. The van der Waals surface area contributed by atoms with E-state index >= 15 is 0 Å². The Kier molecular flexibility index (Phi) is 5.69. The van der Waals surface area contributed by atoms with E-state index in [0.717, 1.165) is 0 Å². The molecule has 0 aliphatic heterocycles. The second-order valence-electron chi connectivity index (χ2n) is 2.72. The van der Waals surface area contributed by atoms with Crippen molar-refractivity contribution in [2.75, 3.05) is 12.9 Å². The maximum absolute atomic E-state index is 10.9. The number of ether oxygens (including phenoxy) is 1. The number of methoxy groups -OCH3 is 1. The molecule has 0 amide bonds. The highest BCUT2D eigenvalue weighted by Crippen LogP contribution is 2.31. The molecule has 1 aromatic rings. The zero-order valence-corrected chi connectivity index (χ0v) is 11.4. The lowest BCUT2D eigenvalue weighted by molar-refractivity contribution is -0.140. The van der Waals surface area contributed by atoms with Gasteiger partial charge in [-0.15, -0.1) is 11.8 Å². The van der Waals surface area contributed by atoms with Gasteiger partial charge in [0, 0.05) is 5.75 Å². The van der Waals surface area contributed by atoms with Crippen molar-refractivity contribution in [1.82, 2.24) is 4.98 Å². The number of rotatable bonds is 4. The van der Waals surface area contributed by atoms with E-state index in [1.54, 1.807) is 0 Å². The van der Waals surface area contributed by atoms with Crippen molar-refractivity contribution in [3.05, 3.63) is 21.3 Å². The van der Waals surface area contributed by atoms with Crippen LogP contribution in [0, 0.1) is 0 Å². The average molecular weight is 301 g/mol. The number of aromatic nitrogens is 1. The zero-order valence-electron chi connectivity index (χ0n) is 8.30. The Morgan fingerprint density at radius 1 is 1.44 bits per heavy atom. The molecule has 88 valence electrons. The van der Waals surface area contributed by atoms with Gasteiger partial charge in [0.05, 0.1) is 23.6 Å².